The summed E-state index contributed by atoms with van der Waals surface area (Å²) in [5.74, 6) is 0.00442. The van der Waals surface area contributed by atoms with E-state index in [1.165, 1.54) is 54.8 Å². The van der Waals surface area contributed by atoms with E-state index in [0.717, 1.165) is 49.8 Å². The molecular weight excluding hydrogens is 566 g/mol. The highest BCUT2D eigenvalue weighted by molar-refractivity contribution is 6.05. The van der Waals surface area contributed by atoms with Crippen LogP contribution in [0.5, 0.6) is 0 Å². The molecule has 3 aliphatic rings. The summed E-state index contributed by atoms with van der Waals surface area (Å²) in [6.07, 6.45) is 16.5. The van der Waals surface area contributed by atoms with Crippen molar-refractivity contribution in [3.63, 3.8) is 0 Å². The Balaban J connectivity index is 1.18. The molecule has 1 aliphatic heterocycles. The number of nitrogens with zero attached hydrogens (tertiary/aromatic N) is 3. The van der Waals surface area contributed by atoms with Gasteiger partial charge in [-0.25, -0.2) is 9.78 Å². The van der Waals surface area contributed by atoms with Crippen molar-refractivity contribution in [3.05, 3.63) is 77.6 Å². The fourth-order valence-corrected chi connectivity index (χ4v) is 7.67. The Morgan fingerprint density at radius 1 is 0.933 bits per heavy atom. The summed E-state index contributed by atoms with van der Waals surface area (Å²) in [5.41, 5.74) is 4.51. The second-order valence-electron chi connectivity index (χ2n) is 12.8. The number of rotatable bonds is 7. The molecule has 0 bridgehead atoms. The van der Waals surface area contributed by atoms with Gasteiger partial charge in [0.15, 0.2) is 5.82 Å². The summed E-state index contributed by atoms with van der Waals surface area (Å²) in [6, 6.07) is 13.0. The molecule has 0 spiro atoms. The summed E-state index contributed by atoms with van der Waals surface area (Å²) in [6.45, 7) is 1.78. The molecule has 2 aromatic heterocycles. The van der Waals surface area contributed by atoms with Crippen molar-refractivity contribution < 1.29 is 19.5 Å². The zero-order chi connectivity index (χ0) is 31.0. The van der Waals surface area contributed by atoms with E-state index in [0.29, 0.717) is 35.6 Å². The van der Waals surface area contributed by atoms with E-state index in [-0.39, 0.29) is 11.8 Å². The fourth-order valence-electron chi connectivity index (χ4n) is 7.67. The highest BCUT2D eigenvalue weighted by Crippen LogP contribution is 2.45. The standard InChI is InChI=1S/C36H39N5O4/c42-30(43)16-11-24-9-13-27(14-10-24)38-35(45)36(17-4-5-18-36)39-34(44)26-12-15-28-29(23-26)41-21-6-20-40-22-19-37-33(40)32(41)31(28)25-7-2-1-3-8-25/h9-16,19,22-23,25H,1-8,17-18,20-21H2,(H,38,45)(H,39,44)(H,42,43)/b16-11+. The topological polar surface area (TPSA) is 118 Å². The van der Waals surface area contributed by atoms with E-state index in [1.807, 2.05) is 18.3 Å². The van der Waals surface area contributed by atoms with E-state index >= 15 is 0 Å². The van der Waals surface area contributed by atoms with Gasteiger partial charge in [-0.15, -0.1) is 0 Å². The van der Waals surface area contributed by atoms with E-state index in [4.69, 9.17) is 10.1 Å². The molecule has 2 aromatic carbocycles. The van der Waals surface area contributed by atoms with Crippen LogP contribution in [0.25, 0.3) is 28.5 Å². The van der Waals surface area contributed by atoms with Gasteiger partial charge >= 0.3 is 5.97 Å². The smallest absolute Gasteiger partial charge is 0.328 e. The molecule has 4 aromatic rings. The number of benzene rings is 2. The molecular formula is C36H39N5O4. The van der Waals surface area contributed by atoms with Gasteiger partial charge in [-0.2, -0.15) is 0 Å². The minimum atomic E-state index is -1.02. The van der Waals surface area contributed by atoms with Gasteiger partial charge in [-0.3, -0.25) is 9.59 Å². The van der Waals surface area contributed by atoms with Crippen molar-refractivity contribution in [2.24, 2.45) is 0 Å². The molecule has 3 heterocycles. The van der Waals surface area contributed by atoms with E-state index in [1.54, 1.807) is 24.3 Å². The maximum atomic E-state index is 13.9. The van der Waals surface area contributed by atoms with Gasteiger partial charge in [0.2, 0.25) is 5.91 Å². The molecule has 45 heavy (non-hydrogen) atoms. The number of fused-ring (bicyclic) bond motifs is 5. The van der Waals surface area contributed by atoms with Crippen molar-refractivity contribution in [1.29, 1.82) is 0 Å². The number of carbonyl (C=O) groups excluding carboxylic acids is 2. The first-order valence-corrected chi connectivity index (χ1v) is 16.2. The number of amides is 2. The average Bonchev–Trinajstić information content (AvgIpc) is 3.77. The number of hydrogen-bond acceptors (Lipinski definition) is 4. The molecule has 0 unspecified atom stereocenters. The lowest BCUT2D eigenvalue weighted by atomic mass is 9.82. The van der Waals surface area contributed by atoms with Gasteiger partial charge < -0.3 is 24.9 Å². The van der Waals surface area contributed by atoms with Gasteiger partial charge in [0.1, 0.15) is 5.54 Å². The van der Waals surface area contributed by atoms with Crippen LogP contribution in [0.15, 0.2) is 60.9 Å². The first kappa shape index (κ1) is 29.1. The third kappa shape index (κ3) is 5.56. The molecule has 9 heteroatoms. The van der Waals surface area contributed by atoms with Crippen molar-refractivity contribution in [3.8, 4) is 11.5 Å². The maximum Gasteiger partial charge on any atom is 0.328 e. The van der Waals surface area contributed by atoms with E-state index in [9.17, 15) is 14.4 Å². The maximum absolute atomic E-state index is 13.9. The number of hydrogen-bond donors (Lipinski definition) is 3. The number of aliphatic carboxylic acids is 1. The molecule has 0 radical (unpaired) electrons. The molecule has 7 rings (SSSR count). The SMILES string of the molecule is O=C(O)/C=C/c1ccc(NC(=O)C2(NC(=O)c3ccc4c(C5CCCCC5)c5n(c4c3)CCCn3ccnc3-5)CCCC2)cc1. The number of carboxylic acid groups (broad SMARTS) is 1. The van der Waals surface area contributed by atoms with E-state index < -0.39 is 11.5 Å². The zero-order valence-corrected chi connectivity index (χ0v) is 25.4. The number of anilines is 1. The molecule has 9 nitrogen and oxygen atoms in total. The molecule has 3 N–H and O–H groups in total. The normalized spacial score (nSPS) is 18.0. The second kappa shape index (κ2) is 12.0. The first-order chi connectivity index (χ1) is 21.9. The summed E-state index contributed by atoms with van der Waals surface area (Å²) in [5, 5.41) is 16.2. The molecule has 2 fully saturated rings. The van der Waals surface area contributed by atoms with Crippen molar-refractivity contribution >= 4 is 40.4 Å². The van der Waals surface area contributed by atoms with Crippen molar-refractivity contribution in [2.75, 3.05) is 5.32 Å². The lowest BCUT2D eigenvalue weighted by Crippen LogP contribution is -2.55. The van der Waals surface area contributed by atoms with Crippen LogP contribution in [0.1, 0.15) is 91.6 Å². The van der Waals surface area contributed by atoms with Gasteiger partial charge in [0.05, 0.1) is 5.69 Å². The Hall–Kier alpha value is -4.66. The van der Waals surface area contributed by atoms with Crippen LogP contribution in [-0.2, 0) is 22.7 Å². The lowest BCUT2D eigenvalue weighted by molar-refractivity contribution is -0.131. The Bertz CT molecular complexity index is 1790. The number of carbonyl (C=O) groups is 3. The number of aryl methyl sites for hydroxylation is 2. The van der Waals surface area contributed by atoms with Crippen LogP contribution in [-0.4, -0.2) is 42.5 Å². The zero-order valence-electron chi connectivity index (χ0n) is 25.4. The van der Waals surface area contributed by atoms with Gasteiger partial charge in [-0.05, 0) is 79.5 Å². The molecule has 2 amide bonds. The van der Waals surface area contributed by atoms with Crippen LogP contribution < -0.4 is 10.6 Å². The Labute approximate surface area is 262 Å². The van der Waals surface area contributed by atoms with Crippen LogP contribution >= 0.6 is 0 Å². The van der Waals surface area contributed by atoms with Gasteiger partial charge in [0.25, 0.3) is 5.91 Å². The minimum Gasteiger partial charge on any atom is -0.478 e. The predicted molar refractivity (Wildman–Crippen MR) is 174 cm³/mol. The summed E-state index contributed by atoms with van der Waals surface area (Å²) >= 11 is 0. The number of nitrogens with one attached hydrogen (secondary N) is 2. The van der Waals surface area contributed by atoms with Gasteiger partial charge in [-0.1, -0.05) is 50.3 Å². The number of carboxylic acids is 1. The van der Waals surface area contributed by atoms with Crippen LogP contribution in [0.4, 0.5) is 5.69 Å². The minimum absolute atomic E-state index is 0.230. The Morgan fingerprint density at radius 3 is 2.47 bits per heavy atom. The molecule has 2 aliphatic carbocycles. The summed E-state index contributed by atoms with van der Waals surface area (Å²) < 4.78 is 4.65. The first-order valence-electron chi connectivity index (χ1n) is 16.2. The quantitative estimate of drug-likeness (QED) is 0.202. The lowest BCUT2D eigenvalue weighted by Gasteiger charge is -2.29. The predicted octanol–water partition coefficient (Wildman–Crippen LogP) is 6.74. The second-order valence-corrected chi connectivity index (χ2v) is 12.8. The van der Waals surface area contributed by atoms with Crippen LogP contribution in [0, 0.1) is 0 Å². The molecule has 2 saturated carbocycles. The Kier molecular flexibility index (Phi) is 7.77. The average molecular weight is 606 g/mol. The number of imidazole rings is 1. The monoisotopic (exact) mass is 605 g/mol. The summed E-state index contributed by atoms with van der Waals surface area (Å²) in [7, 11) is 0. The molecule has 0 saturated heterocycles. The molecule has 232 valence electrons. The third-order valence-electron chi connectivity index (χ3n) is 9.92. The van der Waals surface area contributed by atoms with Crippen LogP contribution in [0.2, 0.25) is 0 Å². The third-order valence-corrected chi connectivity index (χ3v) is 9.92. The van der Waals surface area contributed by atoms with E-state index in [2.05, 4.69) is 32.0 Å². The van der Waals surface area contributed by atoms with Crippen LogP contribution in [0.3, 0.4) is 0 Å². The fraction of sp³-hybridized carbons (Fsp3) is 0.389. The highest BCUT2D eigenvalue weighted by atomic mass is 16.4. The van der Waals surface area contributed by atoms with Gasteiger partial charge in [0, 0.05) is 53.7 Å². The van der Waals surface area contributed by atoms with Crippen molar-refractivity contribution in [2.45, 2.75) is 88.8 Å². The Morgan fingerprint density at radius 2 is 1.71 bits per heavy atom. The number of aromatic nitrogens is 3. The van der Waals surface area contributed by atoms with Crippen molar-refractivity contribution in [1.82, 2.24) is 19.4 Å². The highest BCUT2D eigenvalue weighted by Gasteiger charge is 2.43. The molecule has 0 atom stereocenters. The summed E-state index contributed by atoms with van der Waals surface area (Å²) in [4.78, 5) is 43.2. The largest absolute Gasteiger partial charge is 0.478 e.